The van der Waals surface area contributed by atoms with Gasteiger partial charge in [-0.15, -0.1) is 0 Å². The smallest absolute Gasteiger partial charge is 0.127 e. The van der Waals surface area contributed by atoms with Crippen molar-refractivity contribution in [2.75, 3.05) is 0 Å². The van der Waals surface area contributed by atoms with E-state index in [-0.39, 0.29) is 11.9 Å². The number of pyridine rings is 1. The maximum atomic E-state index is 14.0. The summed E-state index contributed by atoms with van der Waals surface area (Å²) in [5.74, 6) is 0.495. The molecule has 1 atom stereocenters. The van der Waals surface area contributed by atoms with E-state index in [1.54, 1.807) is 12.3 Å². The first kappa shape index (κ1) is 13.3. The van der Waals surface area contributed by atoms with Crippen LogP contribution in [0.25, 0.3) is 0 Å². The van der Waals surface area contributed by atoms with Gasteiger partial charge in [-0.3, -0.25) is 4.98 Å². The number of hydrogen-bond donors (Lipinski definition) is 1. The lowest BCUT2D eigenvalue weighted by molar-refractivity contribution is 0.535. The zero-order chi connectivity index (χ0) is 13.9. The Morgan fingerprint density at radius 2 is 2.15 bits per heavy atom. The summed E-state index contributed by atoms with van der Waals surface area (Å²) < 4.78 is 14.0. The Bertz CT molecular complexity index is 579. The van der Waals surface area contributed by atoms with E-state index in [4.69, 9.17) is 0 Å². The van der Waals surface area contributed by atoms with Crippen molar-refractivity contribution in [3.63, 3.8) is 0 Å². The van der Waals surface area contributed by atoms with Crippen molar-refractivity contribution in [1.29, 1.82) is 0 Å². The van der Waals surface area contributed by atoms with E-state index in [1.165, 1.54) is 12.8 Å². The summed E-state index contributed by atoms with van der Waals surface area (Å²) in [7, 11) is 0. The van der Waals surface area contributed by atoms with Crippen molar-refractivity contribution in [2.24, 2.45) is 0 Å². The van der Waals surface area contributed by atoms with Crippen LogP contribution >= 0.6 is 0 Å². The van der Waals surface area contributed by atoms with Crippen LogP contribution in [0.3, 0.4) is 0 Å². The van der Waals surface area contributed by atoms with Gasteiger partial charge in [0.15, 0.2) is 0 Å². The third-order valence-electron chi connectivity index (χ3n) is 3.86. The van der Waals surface area contributed by atoms with Gasteiger partial charge in [-0.05, 0) is 49.4 Å². The van der Waals surface area contributed by atoms with Crippen LogP contribution in [-0.2, 0) is 6.54 Å². The van der Waals surface area contributed by atoms with Crippen molar-refractivity contribution in [1.82, 2.24) is 10.3 Å². The fourth-order valence-electron chi connectivity index (χ4n) is 2.38. The summed E-state index contributed by atoms with van der Waals surface area (Å²) in [6.07, 6.45) is 4.18. The molecule has 0 amide bonds. The Balaban J connectivity index is 1.63. The Kier molecular flexibility index (Phi) is 3.79. The molecule has 0 aliphatic heterocycles. The standard InChI is InChI=1S/C17H19FN2/c1-12(17-4-2-3-9-19-17)20-11-15-8-7-14(10-16(15)18)13-5-6-13/h2-4,7-10,12-13,20H,5-6,11H2,1H3/t12-/m0/s1. The molecule has 0 spiro atoms. The fraction of sp³-hybridized carbons (Fsp3) is 0.353. The molecule has 3 rings (SSSR count). The molecule has 1 N–H and O–H groups in total. The SMILES string of the molecule is C[C@H](NCc1ccc(C2CC2)cc1F)c1ccccn1. The highest BCUT2D eigenvalue weighted by Crippen LogP contribution is 2.40. The highest BCUT2D eigenvalue weighted by molar-refractivity contribution is 5.29. The quantitative estimate of drug-likeness (QED) is 0.890. The summed E-state index contributed by atoms with van der Waals surface area (Å²) in [5.41, 5.74) is 2.84. The molecule has 1 aromatic heterocycles. The molecule has 0 radical (unpaired) electrons. The van der Waals surface area contributed by atoms with Crippen LogP contribution in [-0.4, -0.2) is 4.98 Å². The summed E-state index contributed by atoms with van der Waals surface area (Å²) in [6.45, 7) is 2.56. The topological polar surface area (TPSA) is 24.9 Å². The van der Waals surface area contributed by atoms with Gasteiger partial charge < -0.3 is 5.32 Å². The van der Waals surface area contributed by atoms with Crippen molar-refractivity contribution in [3.05, 3.63) is 65.2 Å². The second kappa shape index (κ2) is 5.71. The van der Waals surface area contributed by atoms with E-state index in [0.29, 0.717) is 12.5 Å². The van der Waals surface area contributed by atoms with Crippen molar-refractivity contribution in [2.45, 2.75) is 38.3 Å². The molecule has 0 unspecified atom stereocenters. The highest BCUT2D eigenvalue weighted by atomic mass is 19.1. The Morgan fingerprint density at radius 1 is 1.30 bits per heavy atom. The number of halogens is 1. The van der Waals surface area contributed by atoms with Gasteiger partial charge in [0.1, 0.15) is 5.82 Å². The van der Waals surface area contributed by atoms with Gasteiger partial charge in [0.05, 0.1) is 5.69 Å². The summed E-state index contributed by atoms with van der Waals surface area (Å²) in [5, 5.41) is 3.32. The number of nitrogens with zero attached hydrogens (tertiary/aromatic N) is 1. The molecular formula is C17H19FN2. The van der Waals surface area contributed by atoms with Gasteiger partial charge in [0.2, 0.25) is 0 Å². The van der Waals surface area contributed by atoms with Gasteiger partial charge in [0, 0.05) is 24.3 Å². The molecule has 3 heteroatoms. The Hall–Kier alpha value is -1.74. The average Bonchev–Trinajstić information content (AvgIpc) is 3.31. The van der Waals surface area contributed by atoms with Crippen LogP contribution in [0, 0.1) is 5.82 Å². The van der Waals surface area contributed by atoms with Crippen LogP contribution < -0.4 is 5.32 Å². The monoisotopic (exact) mass is 270 g/mol. The number of nitrogens with one attached hydrogen (secondary N) is 1. The minimum absolute atomic E-state index is 0.102. The molecule has 1 aliphatic carbocycles. The van der Waals surface area contributed by atoms with Gasteiger partial charge >= 0.3 is 0 Å². The van der Waals surface area contributed by atoms with Gasteiger partial charge in [0.25, 0.3) is 0 Å². The fourth-order valence-corrected chi connectivity index (χ4v) is 2.38. The van der Waals surface area contributed by atoms with E-state index in [0.717, 1.165) is 16.8 Å². The second-order valence-corrected chi connectivity index (χ2v) is 5.48. The normalized spacial score (nSPS) is 16.1. The lowest BCUT2D eigenvalue weighted by atomic mass is 10.1. The van der Waals surface area contributed by atoms with Gasteiger partial charge in [-0.2, -0.15) is 0 Å². The van der Waals surface area contributed by atoms with Crippen LogP contribution in [0.5, 0.6) is 0 Å². The zero-order valence-electron chi connectivity index (χ0n) is 11.6. The molecule has 2 aromatic rings. The highest BCUT2D eigenvalue weighted by Gasteiger charge is 2.24. The molecule has 104 valence electrons. The lowest BCUT2D eigenvalue weighted by Gasteiger charge is -2.14. The molecule has 1 aliphatic rings. The molecule has 1 saturated carbocycles. The van der Waals surface area contributed by atoms with E-state index < -0.39 is 0 Å². The van der Waals surface area contributed by atoms with Crippen LogP contribution in [0.1, 0.15) is 48.5 Å². The number of rotatable bonds is 5. The zero-order valence-corrected chi connectivity index (χ0v) is 11.6. The van der Waals surface area contributed by atoms with Crippen LogP contribution in [0.2, 0.25) is 0 Å². The number of benzene rings is 1. The first-order valence-electron chi connectivity index (χ1n) is 7.16. The minimum Gasteiger partial charge on any atom is -0.305 e. The minimum atomic E-state index is -0.102. The molecule has 1 fully saturated rings. The van der Waals surface area contributed by atoms with Crippen LogP contribution in [0.15, 0.2) is 42.6 Å². The largest absolute Gasteiger partial charge is 0.305 e. The second-order valence-electron chi connectivity index (χ2n) is 5.48. The Labute approximate surface area is 119 Å². The first-order valence-corrected chi connectivity index (χ1v) is 7.16. The molecular weight excluding hydrogens is 251 g/mol. The lowest BCUT2D eigenvalue weighted by Crippen LogP contribution is -2.19. The molecule has 20 heavy (non-hydrogen) atoms. The third-order valence-corrected chi connectivity index (χ3v) is 3.86. The number of aromatic nitrogens is 1. The first-order chi connectivity index (χ1) is 9.74. The van der Waals surface area contributed by atoms with Gasteiger partial charge in [-0.1, -0.05) is 18.2 Å². The maximum absolute atomic E-state index is 14.0. The van der Waals surface area contributed by atoms with E-state index in [2.05, 4.69) is 16.4 Å². The molecule has 1 aromatic carbocycles. The molecule has 0 bridgehead atoms. The number of hydrogen-bond acceptors (Lipinski definition) is 2. The predicted molar refractivity (Wildman–Crippen MR) is 77.9 cm³/mol. The summed E-state index contributed by atoms with van der Waals surface area (Å²) >= 11 is 0. The van der Waals surface area contributed by atoms with Crippen molar-refractivity contribution in [3.8, 4) is 0 Å². The summed E-state index contributed by atoms with van der Waals surface area (Å²) in [4.78, 5) is 4.30. The Morgan fingerprint density at radius 3 is 2.80 bits per heavy atom. The molecule has 2 nitrogen and oxygen atoms in total. The average molecular weight is 270 g/mol. The van der Waals surface area contributed by atoms with Gasteiger partial charge in [-0.25, -0.2) is 4.39 Å². The predicted octanol–water partition coefficient (Wildman–Crippen LogP) is 3.95. The van der Waals surface area contributed by atoms with E-state index in [1.807, 2.05) is 31.2 Å². The molecule has 1 heterocycles. The summed E-state index contributed by atoms with van der Waals surface area (Å²) in [6, 6.07) is 11.6. The molecule has 0 saturated heterocycles. The van der Waals surface area contributed by atoms with Crippen molar-refractivity contribution >= 4 is 0 Å². The van der Waals surface area contributed by atoms with E-state index >= 15 is 0 Å². The van der Waals surface area contributed by atoms with Crippen molar-refractivity contribution < 1.29 is 4.39 Å². The maximum Gasteiger partial charge on any atom is 0.127 e. The van der Waals surface area contributed by atoms with Crippen LogP contribution in [0.4, 0.5) is 4.39 Å². The third kappa shape index (κ3) is 3.05. The van der Waals surface area contributed by atoms with E-state index in [9.17, 15) is 4.39 Å².